The van der Waals surface area contributed by atoms with Crippen molar-refractivity contribution < 1.29 is 13.9 Å². The van der Waals surface area contributed by atoms with Gasteiger partial charge in [0.25, 0.3) is 0 Å². The first-order valence-electron chi connectivity index (χ1n) is 5.28. The van der Waals surface area contributed by atoms with Crippen molar-refractivity contribution >= 4 is 11.7 Å². The molecule has 2 aromatic rings. The van der Waals surface area contributed by atoms with Gasteiger partial charge in [-0.3, -0.25) is 0 Å². The van der Waals surface area contributed by atoms with E-state index in [1.165, 1.54) is 24.4 Å². The first kappa shape index (κ1) is 12.0. The third-order valence-electron chi connectivity index (χ3n) is 2.25. The van der Waals surface area contributed by atoms with Gasteiger partial charge in [-0.2, -0.15) is 0 Å². The molecule has 0 fully saturated rings. The van der Waals surface area contributed by atoms with Crippen molar-refractivity contribution in [1.82, 2.24) is 4.98 Å². The van der Waals surface area contributed by atoms with Gasteiger partial charge in [-0.25, -0.2) is 14.2 Å². The van der Waals surface area contributed by atoms with Crippen molar-refractivity contribution in [1.29, 1.82) is 0 Å². The van der Waals surface area contributed by atoms with Gasteiger partial charge in [0.15, 0.2) is 0 Å². The number of anilines is 1. The maximum atomic E-state index is 12.9. The number of pyridine rings is 1. The highest BCUT2D eigenvalue weighted by molar-refractivity contribution is 5.87. The van der Waals surface area contributed by atoms with Crippen LogP contribution in [0.2, 0.25) is 0 Å². The van der Waals surface area contributed by atoms with Crippen LogP contribution in [-0.4, -0.2) is 11.0 Å². The van der Waals surface area contributed by atoms with Crippen LogP contribution in [0.1, 0.15) is 16.1 Å². The Morgan fingerprint density at radius 2 is 2.17 bits per heavy atom. The third kappa shape index (κ3) is 3.04. The molecular formula is C13H11FN2O2. The lowest BCUT2D eigenvalue weighted by atomic mass is 10.2. The molecule has 0 atom stereocenters. The summed E-state index contributed by atoms with van der Waals surface area (Å²) in [5, 5.41) is 0. The molecule has 0 unspecified atom stereocenters. The minimum Gasteiger partial charge on any atom is -0.456 e. The summed E-state index contributed by atoms with van der Waals surface area (Å²) in [5.74, 6) is -0.937. The van der Waals surface area contributed by atoms with E-state index >= 15 is 0 Å². The van der Waals surface area contributed by atoms with Gasteiger partial charge >= 0.3 is 5.97 Å². The summed E-state index contributed by atoms with van der Waals surface area (Å²) in [5.41, 5.74) is 6.67. The minimum absolute atomic E-state index is 0.00263. The van der Waals surface area contributed by atoms with Gasteiger partial charge in [0, 0.05) is 0 Å². The molecule has 92 valence electrons. The fourth-order valence-corrected chi connectivity index (χ4v) is 1.38. The van der Waals surface area contributed by atoms with Crippen LogP contribution in [0.15, 0.2) is 42.6 Å². The summed E-state index contributed by atoms with van der Waals surface area (Å²) in [4.78, 5) is 15.4. The number of hydrogen-bond acceptors (Lipinski definition) is 4. The van der Waals surface area contributed by atoms with E-state index in [-0.39, 0.29) is 18.1 Å². The number of hydrogen-bond donors (Lipinski definition) is 1. The first-order valence-corrected chi connectivity index (χ1v) is 5.28. The van der Waals surface area contributed by atoms with E-state index in [1.54, 1.807) is 18.2 Å². The van der Waals surface area contributed by atoms with Gasteiger partial charge in [0.05, 0.1) is 11.9 Å². The molecule has 1 heterocycles. The van der Waals surface area contributed by atoms with Crippen molar-refractivity contribution in [3.8, 4) is 0 Å². The second-order valence-corrected chi connectivity index (χ2v) is 3.68. The second kappa shape index (κ2) is 5.27. The van der Waals surface area contributed by atoms with Crippen LogP contribution in [0.5, 0.6) is 0 Å². The number of nitrogens with zero attached hydrogens (tertiary/aromatic N) is 1. The predicted molar refractivity (Wildman–Crippen MR) is 64.2 cm³/mol. The van der Waals surface area contributed by atoms with Crippen molar-refractivity contribution in [2.24, 2.45) is 0 Å². The summed E-state index contributed by atoms with van der Waals surface area (Å²) in [6.07, 6.45) is 1.37. The number of aromatic nitrogens is 1. The van der Waals surface area contributed by atoms with Crippen LogP contribution in [0.3, 0.4) is 0 Å². The number of carbonyl (C=O) groups excluding carboxylic acids is 1. The molecule has 0 saturated carbocycles. The molecule has 0 aliphatic heterocycles. The molecule has 0 bridgehead atoms. The lowest BCUT2D eigenvalue weighted by Crippen LogP contribution is -2.07. The highest BCUT2D eigenvalue weighted by atomic mass is 19.1. The Hall–Kier alpha value is -2.43. The molecule has 5 heteroatoms. The second-order valence-electron chi connectivity index (χ2n) is 3.68. The normalized spacial score (nSPS) is 10.1. The molecule has 2 N–H and O–H groups in total. The van der Waals surface area contributed by atoms with Crippen LogP contribution in [0.25, 0.3) is 0 Å². The zero-order valence-electron chi connectivity index (χ0n) is 9.47. The molecule has 0 spiro atoms. The topological polar surface area (TPSA) is 65.2 Å². The predicted octanol–water partition coefficient (Wildman–Crippen LogP) is 2.16. The van der Waals surface area contributed by atoms with Crippen molar-refractivity contribution in [2.45, 2.75) is 6.61 Å². The van der Waals surface area contributed by atoms with Gasteiger partial charge in [-0.1, -0.05) is 12.1 Å². The monoisotopic (exact) mass is 246 g/mol. The SMILES string of the molecule is Nc1ccc(C(=O)OCc2cccc(F)c2)nc1. The summed E-state index contributed by atoms with van der Waals surface area (Å²) in [6, 6.07) is 8.90. The van der Waals surface area contributed by atoms with Gasteiger partial charge in [-0.05, 0) is 29.8 Å². The highest BCUT2D eigenvalue weighted by Crippen LogP contribution is 2.07. The Bertz CT molecular complexity index is 555. The fraction of sp³-hybridized carbons (Fsp3) is 0.0769. The molecule has 0 amide bonds. The summed E-state index contributed by atoms with van der Waals surface area (Å²) < 4.78 is 17.9. The van der Waals surface area contributed by atoms with Gasteiger partial charge in [0.1, 0.15) is 18.1 Å². The highest BCUT2D eigenvalue weighted by Gasteiger charge is 2.08. The molecule has 1 aromatic carbocycles. The minimum atomic E-state index is -0.570. The van der Waals surface area contributed by atoms with Crippen molar-refractivity contribution in [3.05, 3.63) is 59.7 Å². The van der Waals surface area contributed by atoms with E-state index in [2.05, 4.69) is 4.98 Å². The molecule has 2 rings (SSSR count). The lowest BCUT2D eigenvalue weighted by molar-refractivity contribution is 0.0465. The summed E-state index contributed by atoms with van der Waals surface area (Å²) in [7, 11) is 0. The summed E-state index contributed by atoms with van der Waals surface area (Å²) >= 11 is 0. The number of esters is 1. The number of halogens is 1. The number of nitrogens with two attached hydrogens (primary N) is 1. The zero-order chi connectivity index (χ0) is 13.0. The molecule has 0 radical (unpaired) electrons. The van der Waals surface area contributed by atoms with Crippen molar-refractivity contribution in [2.75, 3.05) is 5.73 Å². The van der Waals surface area contributed by atoms with Crippen LogP contribution in [0.4, 0.5) is 10.1 Å². The Labute approximate surface area is 103 Å². The van der Waals surface area contributed by atoms with Crippen molar-refractivity contribution in [3.63, 3.8) is 0 Å². The molecule has 4 nitrogen and oxygen atoms in total. The Morgan fingerprint density at radius 1 is 1.33 bits per heavy atom. The number of ether oxygens (including phenoxy) is 1. The van der Waals surface area contributed by atoms with Gasteiger partial charge in [0.2, 0.25) is 0 Å². The summed E-state index contributed by atoms with van der Waals surface area (Å²) in [6.45, 7) is 0.00263. The number of nitrogen functional groups attached to an aromatic ring is 1. The zero-order valence-corrected chi connectivity index (χ0v) is 9.47. The van der Waals surface area contributed by atoms with Gasteiger partial charge in [-0.15, -0.1) is 0 Å². The number of rotatable bonds is 3. The van der Waals surface area contributed by atoms with Crippen LogP contribution >= 0.6 is 0 Å². The van der Waals surface area contributed by atoms with E-state index < -0.39 is 5.97 Å². The third-order valence-corrected chi connectivity index (χ3v) is 2.25. The molecule has 0 saturated heterocycles. The smallest absolute Gasteiger partial charge is 0.357 e. The molecular weight excluding hydrogens is 235 g/mol. The Morgan fingerprint density at radius 3 is 2.83 bits per heavy atom. The lowest BCUT2D eigenvalue weighted by Gasteiger charge is -2.04. The molecule has 1 aromatic heterocycles. The van der Waals surface area contributed by atoms with E-state index in [0.717, 1.165) is 0 Å². The number of carbonyl (C=O) groups is 1. The largest absolute Gasteiger partial charge is 0.456 e. The van der Waals surface area contributed by atoms with E-state index in [4.69, 9.17) is 10.5 Å². The van der Waals surface area contributed by atoms with Crippen LogP contribution < -0.4 is 5.73 Å². The average Bonchev–Trinajstić information content (AvgIpc) is 2.37. The number of benzene rings is 1. The molecule has 0 aliphatic carbocycles. The molecule has 0 aliphatic rings. The van der Waals surface area contributed by atoms with E-state index in [9.17, 15) is 9.18 Å². The first-order chi connectivity index (χ1) is 8.65. The Kier molecular flexibility index (Phi) is 3.52. The van der Waals surface area contributed by atoms with Crippen LogP contribution in [0, 0.1) is 5.82 Å². The standard InChI is InChI=1S/C13H11FN2O2/c14-10-3-1-2-9(6-10)8-18-13(17)12-5-4-11(15)7-16-12/h1-7H,8,15H2. The van der Waals surface area contributed by atoms with E-state index in [1.807, 2.05) is 0 Å². The van der Waals surface area contributed by atoms with Gasteiger partial charge < -0.3 is 10.5 Å². The van der Waals surface area contributed by atoms with E-state index in [0.29, 0.717) is 11.3 Å². The van der Waals surface area contributed by atoms with Crippen LogP contribution in [-0.2, 0) is 11.3 Å². The Balaban J connectivity index is 1.98. The average molecular weight is 246 g/mol. The molecule has 18 heavy (non-hydrogen) atoms. The maximum Gasteiger partial charge on any atom is 0.357 e. The quantitative estimate of drug-likeness (QED) is 0.843. The maximum absolute atomic E-state index is 12.9. The fourth-order valence-electron chi connectivity index (χ4n) is 1.38.